The molecule has 0 atom stereocenters. The summed E-state index contributed by atoms with van der Waals surface area (Å²) in [5.41, 5.74) is -3.56. The first-order chi connectivity index (χ1) is 9.57. The van der Waals surface area contributed by atoms with E-state index in [1.54, 1.807) is 7.05 Å². The molecule has 0 amide bonds. The molecule has 0 aliphatic carbocycles. The van der Waals surface area contributed by atoms with Gasteiger partial charge in [-0.05, 0) is 18.2 Å². The number of aromatic nitrogens is 2. The van der Waals surface area contributed by atoms with Crippen LogP contribution in [0.5, 0.6) is 11.6 Å². The van der Waals surface area contributed by atoms with Crippen LogP contribution in [0.1, 0.15) is 11.1 Å². The summed E-state index contributed by atoms with van der Waals surface area (Å²) in [5.74, 6) is -0.403. The molecule has 0 saturated heterocycles. The highest BCUT2D eigenvalue weighted by Crippen LogP contribution is 2.42. The third kappa shape index (κ3) is 3.47. The summed E-state index contributed by atoms with van der Waals surface area (Å²) < 4.78 is 82.3. The lowest BCUT2D eigenvalue weighted by Crippen LogP contribution is -2.16. The monoisotopic (exact) mass is 310 g/mol. The summed E-state index contributed by atoms with van der Waals surface area (Å²) in [5, 5.41) is 3.76. The van der Waals surface area contributed by atoms with Crippen LogP contribution in [0.25, 0.3) is 0 Å². The van der Waals surface area contributed by atoms with E-state index < -0.39 is 23.5 Å². The van der Waals surface area contributed by atoms with Crippen molar-refractivity contribution in [3.8, 4) is 11.6 Å². The van der Waals surface area contributed by atoms with Gasteiger partial charge in [0.2, 0.25) is 5.88 Å². The molecule has 114 valence electrons. The van der Waals surface area contributed by atoms with Crippen molar-refractivity contribution in [2.45, 2.75) is 12.4 Å². The highest BCUT2D eigenvalue weighted by Gasteiger charge is 2.43. The number of hydrogen-bond acceptors (Lipinski definition) is 2. The SMILES string of the molecule is Cn1ccc(Oc2ccc(C(F)(F)F)c(C(F)(F)F)c2)n1. The van der Waals surface area contributed by atoms with Gasteiger partial charge in [-0.15, -0.1) is 5.10 Å². The number of alkyl halides is 6. The molecule has 0 bridgehead atoms. The number of benzene rings is 1. The van der Waals surface area contributed by atoms with Crippen molar-refractivity contribution in [3.63, 3.8) is 0 Å². The third-order valence-corrected chi connectivity index (χ3v) is 2.51. The quantitative estimate of drug-likeness (QED) is 0.775. The van der Waals surface area contributed by atoms with Crippen LogP contribution < -0.4 is 4.74 Å². The van der Waals surface area contributed by atoms with E-state index in [1.807, 2.05) is 0 Å². The molecule has 0 saturated carbocycles. The summed E-state index contributed by atoms with van der Waals surface area (Å²) in [7, 11) is 1.56. The smallest absolute Gasteiger partial charge is 0.417 e. The highest BCUT2D eigenvalue weighted by molar-refractivity contribution is 5.40. The Labute approximate surface area is 114 Å². The Morgan fingerprint density at radius 2 is 1.57 bits per heavy atom. The topological polar surface area (TPSA) is 27.1 Å². The van der Waals surface area contributed by atoms with Crippen molar-refractivity contribution in [1.82, 2.24) is 9.78 Å². The van der Waals surface area contributed by atoms with Gasteiger partial charge in [0.05, 0.1) is 11.1 Å². The number of halogens is 6. The summed E-state index contributed by atoms with van der Waals surface area (Å²) in [4.78, 5) is 0. The molecule has 0 aliphatic heterocycles. The number of rotatable bonds is 2. The van der Waals surface area contributed by atoms with E-state index >= 15 is 0 Å². The molecule has 0 unspecified atom stereocenters. The van der Waals surface area contributed by atoms with Gasteiger partial charge in [-0.1, -0.05) is 0 Å². The Morgan fingerprint density at radius 1 is 0.952 bits per heavy atom. The molecule has 3 nitrogen and oxygen atoms in total. The van der Waals surface area contributed by atoms with Gasteiger partial charge in [-0.2, -0.15) is 26.3 Å². The first kappa shape index (κ1) is 15.2. The van der Waals surface area contributed by atoms with E-state index in [4.69, 9.17) is 4.74 Å². The molecule has 1 heterocycles. The van der Waals surface area contributed by atoms with Gasteiger partial charge < -0.3 is 4.74 Å². The van der Waals surface area contributed by atoms with Gasteiger partial charge in [0.15, 0.2) is 0 Å². The number of aryl methyl sites for hydroxylation is 1. The van der Waals surface area contributed by atoms with Crippen molar-refractivity contribution in [1.29, 1.82) is 0 Å². The second-order valence-electron chi connectivity index (χ2n) is 4.13. The number of ether oxygens (including phenoxy) is 1. The Balaban J connectivity index is 2.42. The summed E-state index contributed by atoms with van der Waals surface area (Å²) in [6.07, 6.45) is -8.77. The first-order valence-corrected chi connectivity index (χ1v) is 5.53. The van der Waals surface area contributed by atoms with E-state index in [9.17, 15) is 26.3 Å². The minimum atomic E-state index is -5.14. The standard InChI is InChI=1S/C12H8F6N2O/c1-20-5-4-10(19-20)21-7-2-3-8(11(13,14)15)9(6-7)12(16,17)18/h2-6H,1H3. The van der Waals surface area contributed by atoms with Gasteiger partial charge in [0, 0.05) is 19.3 Å². The van der Waals surface area contributed by atoms with Crippen molar-refractivity contribution < 1.29 is 31.1 Å². The van der Waals surface area contributed by atoms with Crippen LogP contribution in [-0.2, 0) is 19.4 Å². The van der Waals surface area contributed by atoms with Crippen LogP contribution in [0.15, 0.2) is 30.5 Å². The van der Waals surface area contributed by atoms with Gasteiger partial charge in [0.25, 0.3) is 0 Å². The van der Waals surface area contributed by atoms with Crippen molar-refractivity contribution >= 4 is 0 Å². The van der Waals surface area contributed by atoms with Crippen LogP contribution in [0.3, 0.4) is 0 Å². The van der Waals surface area contributed by atoms with E-state index in [-0.39, 0.29) is 11.6 Å². The zero-order valence-corrected chi connectivity index (χ0v) is 10.5. The molecule has 0 N–H and O–H groups in total. The third-order valence-electron chi connectivity index (χ3n) is 2.51. The maximum atomic E-state index is 12.7. The van der Waals surface area contributed by atoms with Gasteiger partial charge in [-0.25, -0.2) is 0 Å². The van der Waals surface area contributed by atoms with Crippen molar-refractivity contribution in [2.24, 2.45) is 7.05 Å². The van der Waals surface area contributed by atoms with Crippen LogP contribution in [0, 0.1) is 0 Å². The predicted octanol–water partition coefficient (Wildman–Crippen LogP) is 4.25. The Hall–Kier alpha value is -2.19. The van der Waals surface area contributed by atoms with Crippen molar-refractivity contribution in [3.05, 3.63) is 41.6 Å². The van der Waals surface area contributed by atoms with Crippen molar-refractivity contribution in [2.75, 3.05) is 0 Å². The van der Waals surface area contributed by atoms with Crippen LogP contribution in [0.2, 0.25) is 0 Å². The molecule has 0 radical (unpaired) electrons. The van der Waals surface area contributed by atoms with Gasteiger partial charge in [0.1, 0.15) is 5.75 Å². The van der Waals surface area contributed by atoms with Gasteiger partial charge in [-0.3, -0.25) is 4.68 Å². The first-order valence-electron chi connectivity index (χ1n) is 5.53. The normalized spacial score (nSPS) is 12.5. The average Bonchev–Trinajstić information content (AvgIpc) is 2.72. The molecule has 0 fully saturated rings. The maximum Gasteiger partial charge on any atom is 0.417 e. The summed E-state index contributed by atoms with van der Waals surface area (Å²) >= 11 is 0. The molecular formula is C12H8F6N2O. The predicted molar refractivity (Wildman–Crippen MR) is 59.7 cm³/mol. The largest absolute Gasteiger partial charge is 0.438 e. The zero-order valence-electron chi connectivity index (χ0n) is 10.5. The molecule has 1 aromatic carbocycles. The second-order valence-corrected chi connectivity index (χ2v) is 4.13. The van der Waals surface area contributed by atoms with Crippen LogP contribution in [-0.4, -0.2) is 9.78 Å². The summed E-state index contributed by atoms with van der Waals surface area (Å²) in [6.45, 7) is 0. The lowest BCUT2D eigenvalue weighted by molar-refractivity contribution is -0.162. The minimum absolute atomic E-state index is 0.0228. The molecule has 0 spiro atoms. The number of nitrogens with zero attached hydrogens (tertiary/aromatic N) is 2. The average molecular weight is 310 g/mol. The molecule has 2 aromatic rings. The summed E-state index contributed by atoms with van der Waals surface area (Å²) in [6, 6.07) is 2.82. The maximum absolute atomic E-state index is 12.7. The number of hydrogen-bond donors (Lipinski definition) is 0. The minimum Gasteiger partial charge on any atom is -0.438 e. The fourth-order valence-electron chi connectivity index (χ4n) is 1.64. The highest BCUT2D eigenvalue weighted by atomic mass is 19.4. The Bertz CT molecular complexity index is 644. The lowest BCUT2D eigenvalue weighted by Gasteiger charge is -2.16. The molecule has 1 aromatic heterocycles. The lowest BCUT2D eigenvalue weighted by atomic mass is 10.1. The Morgan fingerprint density at radius 3 is 2.05 bits per heavy atom. The fourth-order valence-corrected chi connectivity index (χ4v) is 1.64. The van der Waals surface area contributed by atoms with E-state index in [0.29, 0.717) is 12.1 Å². The van der Waals surface area contributed by atoms with E-state index in [0.717, 1.165) is 6.07 Å². The molecule has 21 heavy (non-hydrogen) atoms. The van der Waals surface area contributed by atoms with Crippen LogP contribution >= 0.6 is 0 Å². The zero-order chi connectivity index (χ0) is 15.8. The van der Waals surface area contributed by atoms with E-state index in [1.165, 1.54) is 16.9 Å². The molecule has 2 rings (SSSR count). The van der Waals surface area contributed by atoms with E-state index in [2.05, 4.69) is 5.10 Å². The van der Waals surface area contributed by atoms with Crippen LogP contribution in [0.4, 0.5) is 26.3 Å². The van der Waals surface area contributed by atoms with Gasteiger partial charge >= 0.3 is 12.4 Å². The molecule has 0 aliphatic rings. The Kier molecular flexibility index (Phi) is 3.60. The fraction of sp³-hybridized carbons (Fsp3) is 0.250. The molecule has 9 heteroatoms. The second kappa shape index (κ2) is 4.97. The molecular weight excluding hydrogens is 302 g/mol.